The van der Waals surface area contributed by atoms with Crippen LogP contribution in [0.1, 0.15) is 31.7 Å². The Labute approximate surface area is 125 Å². The lowest BCUT2D eigenvalue weighted by molar-refractivity contribution is -0.118. The smallest absolute Gasteiger partial charge is 0.226 e. The zero-order chi connectivity index (χ0) is 14.7. The topological polar surface area (TPSA) is 33.2 Å². The number of unbranched alkanes of at least 4 members (excludes halogenated alkanes) is 1. The summed E-state index contributed by atoms with van der Waals surface area (Å²) in [5.74, 6) is 0.257. The van der Waals surface area contributed by atoms with E-state index in [1.165, 1.54) is 16.7 Å². The quantitative estimate of drug-likeness (QED) is 0.852. The van der Waals surface area contributed by atoms with E-state index < -0.39 is 0 Å². The molecule has 2 heterocycles. The first-order valence-corrected chi connectivity index (χ1v) is 7.63. The van der Waals surface area contributed by atoms with Crippen LogP contribution in [-0.2, 0) is 11.2 Å². The highest BCUT2D eigenvalue weighted by Gasteiger charge is 2.24. The van der Waals surface area contributed by atoms with Gasteiger partial charge in [0, 0.05) is 31.0 Å². The van der Waals surface area contributed by atoms with Gasteiger partial charge in [-0.05, 0) is 53.8 Å². The van der Waals surface area contributed by atoms with E-state index in [9.17, 15) is 4.79 Å². The summed E-state index contributed by atoms with van der Waals surface area (Å²) < 4.78 is 0. The summed E-state index contributed by atoms with van der Waals surface area (Å²) in [5, 5.41) is 0. The Morgan fingerprint density at radius 2 is 2.00 bits per heavy atom. The molecule has 0 aliphatic carbocycles. The van der Waals surface area contributed by atoms with Gasteiger partial charge in [0.1, 0.15) is 0 Å². The summed E-state index contributed by atoms with van der Waals surface area (Å²) in [7, 11) is 0. The summed E-state index contributed by atoms with van der Waals surface area (Å²) in [6, 6.07) is 10.4. The van der Waals surface area contributed by atoms with E-state index in [0.717, 1.165) is 31.5 Å². The number of pyridine rings is 1. The molecule has 0 unspecified atom stereocenters. The van der Waals surface area contributed by atoms with Crippen LogP contribution in [0.3, 0.4) is 0 Å². The molecule has 0 saturated carbocycles. The van der Waals surface area contributed by atoms with Crippen molar-refractivity contribution in [3.05, 3.63) is 48.3 Å². The second-order valence-electron chi connectivity index (χ2n) is 5.48. The largest absolute Gasteiger partial charge is 0.312 e. The second kappa shape index (κ2) is 6.08. The van der Waals surface area contributed by atoms with Crippen LogP contribution in [0.5, 0.6) is 0 Å². The first kappa shape index (κ1) is 13.8. The highest BCUT2D eigenvalue weighted by molar-refractivity contribution is 5.95. The van der Waals surface area contributed by atoms with Gasteiger partial charge >= 0.3 is 0 Å². The predicted octanol–water partition coefficient (Wildman–Crippen LogP) is 3.83. The van der Waals surface area contributed by atoms with Crippen molar-refractivity contribution in [3.63, 3.8) is 0 Å². The minimum absolute atomic E-state index is 0.257. The number of rotatable bonds is 4. The standard InChI is InChI=1S/C18H20N2O/c1-2-3-4-18(21)20-12-9-16-13-15(5-6-17(16)20)14-7-10-19-11-8-14/h5-8,10-11,13H,2-4,9,12H2,1H3. The molecule has 0 bridgehead atoms. The van der Waals surface area contributed by atoms with Gasteiger partial charge in [0.25, 0.3) is 0 Å². The number of carbonyl (C=O) groups is 1. The van der Waals surface area contributed by atoms with Crippen molar-refractivity contribution < 1.29 is 4.79 Å². The van der Waals surface area contributed by atoms with Gasteiger partial charge in [-0.3, -0.25) is 9.78 Å². The van der Waals surface area contributed by atoms with E-state index in [1.54, 1.807) is 0 Å². The molecule has 0 radical (unpaired) electrons. The zero-order valence-electron chi connectivity index (χ0n) is 12.4. The van der Waals surface area contributed by atoms with E-state index in [0.29, 0.717) is 6.42 Å². The lowest BCUT2D eigenvalue weighted by Crippen LogP contribution is -2.28. The summed E-state index contributed by atoms with van der Waals surface area (Å²) in [6.07, 6.45) is 7.26. The molecule has 3 heteroatoms. The van der Waals surface area contributed by atoms with E-state index in [4.69, 9.17) is 0 Å². The molecule has 0 atom stereocenters. The Bertz CT molecular complexity index is 637. The molecule has 3 rings (SSSR count). The number of amides is 1. The average Bonchev–Trinajstić information content (AvgIpc) is 2.96. The second-order valence-corrected chi connectivity index (χ2v) is 5.48. The monoisotopic (exact) mass is 280 g/mol. The molecule has 108 valence electrons. The van der Waals surface area contributed by atoms with Gasteiger partial charge in [-0.25, -0.2) is 0 Å². The number of hydrogen-bond acceptors (Lipinski definition) is 2. The van der Waals surface area contributed by atoms with Crippen molar-refractivity contribution >= 4 is 11.6 Å². The zero-order valence-corrected chi connectivity index (χ0v) is 12.4. The molecule has 0 spiro atoms. The van der Waals surface area contributed by atoms with Crippen molar-refractivity contribution in [3.8, 4) is 11.1 Å². The molecule has 0 fully saturated rings. The van der Waals surface area contributed by atoms with E-state index in [2.05, 4.69) is 30.1 Å². The van der Waals surface area contributed by atoms with Gasteiger partial charge in [-0.1, -0.05) is 19.4 Å². The van der Waals surface area contributed by atoms with Crippen LogP contribution in [-0.4, -0.2) is 17.4 Å². The fourth-order valence-corrected chi connectivity index (χ4v) is 2.85. The third-order valence-corrected chi connectivity index (χ3v) is 4.03. The number of aromatic nitrogens is 1. The number of fused-ring (bicyclic) bond motifs is 1. The Kier molecular flexibility index (Phi) is 4.00. The molecule has 1 aliphatic rings. The molecule has 2 aromatic rings. The molecule has 1 aromatic carbocycles. The van der Waals surface area contributed by atoms with Gasteiger partial charge < -0.3 is 4.90 Å². The van der Waals surface area contributed by atoms with Crippen LogP contribution < -0.4 is 4.90 Å². The lowest BCUT2D eigenvalue weighted by atomic mass is 10.0. The molecule has 1 amide bonds. The van der Waals surface area contributed by atoms with E-state index >= 15 is 0 Å². The fourth-order valence-electron chi connectivity index (χ4n) is 2.85. The van der Waals surface area contributed by atoms with Crippen LogP contribution in [0.25, 0.3) is 11.1 Å². The number of nitrogens with zero attached hydrogens (tertiary/aromatic N) is 2. The van der Waals surface area contributed by atoms with Gasteiger partial charge in [0.2, 0.25) is 5.91 Å². The van der Waals surface area contributed by atoms with Crippen molar-refractivity contribution in [2.24, 2.45) is 0 Å². The normalized spacial score (nSPS) is 13.3. The summed E-state index contributed by atoms with van der Waals surface area (Å²) >= 11 is 0. The van der Waals surface area contributed by atoms with Gasteiger partial charge in [-0.2, -0.15) is 0 Å². The Morgan fingerprint density at radius 3 is 2.76 bits per heavy atom. The van der Waals surface area contributed by atoms with Crippen molar-refractivity contribution in [1.29, 1.82) is 0 Å². The maximum atomic E-state index is 12.2. The fraction of sp³-hybridized carbons (Fsp3) is 0.333. The molecule has 3 nitrogen and oxygen atoms in total. The molecule has 1 aliphatic heterocycles. The number of benzene rings is 1. The number of hydrogen-bond donors (Lipinski definition) is 0. The van der Waals surface area contributed by atoms with Crippen LogP contribution in [0.15, 0.2) is 42.7 Å². The third-order valence-electron chi connectivity index (χ3n) is 4.03. The molecule has 0 saturated heterocycles. The third kappa shape index (κ3) is 2.82. The van der Waals surface area contributed by atoms with E-state index in [1.807, 2.05) is 29.4 Å². The molecule has 0 N–H and O–H groups in total. The molecular weight excluding hydrogens is 260 g/mol. The van der Waals surface area contributed by atoms with Gasteiger partial charge in [0.05, 0.1) is 0 Å². The highest BCUT2D eigenvalue weighted by Crippen LogP contribution is 2.32. The Morgan fingerprint density at radius 1 is 1.19 bits per heavy atom. The maximum Gasteiger partial charge on any atom is 0.226 e. The van der Waals surface area contributed by atoms with Crippen molar-refractivity contribution in [2.75, 3.05) is 11.4 Å². The molecule has 1 aromatic heterocycles. The molecular formula is C18H20N2O. The highest BCUT2D eigenvalue weighted by atomic mass is 16.2. The molecule has 21 heavy (non-hydrogen) atoms. The number of anilines is 1. The van der Waals surface area contributed by atoms with Crippen molar-refractivity contribution in [2.45, 2.75) is 32.6 Å². The Hall–Kier alpha value is -2.16. The van der Waals surface area contributed by atoms with Gasteiger partial charge in [0.15, 0.2) is 0 Å². The predicted molar refractivity (Wildman–Crippen MR) is 85.3 cm³/mol. The van der Waals surface area contributed by atoms with Crippen LogP contribution in [0.4, 0.5) is 5.69 Å². The Balaban J connectivity index is 1.84. The SMILES string of the molecule is CCCCC(=O)N1CCc2cc(-c3ccncc3)ccc21. The minimum atomic E-state index is 0.257. The summed E-state index contributed by atoms with van der Waals surface area (Å²) in [4.78, 5) is 18.2. The van der Waals surface area contributed by atoms with Crippen LogP contribution >= 0.6 is 0 Å². The lowest BCUT2D eigenvalue weighted by Gasteiger charge is -2.17. The summed E-state index contributed by atoms with van der Waals surface area (Å²) in [5.41, 5.74) is 4.73. The first-order chi connectivity index (χ1) is 10.3. The van der Waals surface area contributed by atoms with Crippen LogP contribution in [0, 0.1) is 0 Å². The van der Waals surface area contributed by atoms with Crippen LogP contribution in [0.2, 0.25) is 0 Å². The van der Waals surface area contributed by atoms with Crippen molar-refractivity contribution in [1.82, 2.24) is 4.98 Å². The average molecular weight is 280 g/mol. The minimum Gasteiger partial charge on any atom is -0.312 e. The number of carbonyl (C=O) groups excluding carboxylic acids is 1. The summed E-state index contributed by atoms with van der Waals surface area (Å²) in [6.45, 7) is 2.93. The van der Waals surface area contributed by atoms with E-state index in [-0.39, 0.29) is 5.91 Å². The first-order valence-electron chi connectivity index (χ1n) is 7.63. The van der Waals surface area contributed by atoms with Gasteiger partial charge in [-0.15, -0.1) is 0 Å². The maximum absolute atomic E-state index is 12.2.